The summed E-state index contributed by atoms with van der Waals surface area (Å²) in [5.41, 5.74) is 0. The van der Waals surface area contributed by atoms with Crippen LogP contribution in [0.5, 0.6) is 0 Å². The lowest BCUT2D eigenvalue weighted by Gasteiger charge is -2.26. The molecule has 0 bridgehead atoms. The van der Waals surface area contributed by atoms with Gasteiger partial charge in [-0.05, 0) is 19.4 Å². The number of H-pyrrole nitrogens is 1. The molecule has 4 nitrogen and oxygen atoms in total. The first kappa shape index (κ1) is 10.6. The Bertz CT molecular complexity index is 252. The van der Waals surface area contributed by atoms with Gasteiger partial charge in [-0.15, -0.1) is 0 Å². The molecule has 0 radical (unpaired) electrons. The number of nitrogens with zero attached hydrogens (tertiary/aromatic N) is 2. The largest absolute Gasteiger partial charge is 0.349 e. The van der Waals surface area contributed by atoms with Gasteiger partial charge in [0.2, 0.25) is 0 Å². The van der Waals surface area contributed by atoms with Crippen LogP contribution < -0.4 is 5.32 Å². The molecule has 1 fully saturated rings. The van der Waals surface area contributed by atoms with Crippen LogP contribution in [0, 0.1) is 0 Å². The SMILES string of the molecule is c1c[nH]c(CCCCN2CCNCC2)n1. The highest BCUT2D eigenvalue weighted by atomic mass is 15.2. The van der Waals surface area contributed by atoms with E-state index in [4.69, 9.17) is 0 Å². The molecular formula is C11H20N4. The highest BCUT2D eigenvalue weighted by Gasteiger charge is 2.08. The maximum Gasteiger partial charge on any atom is 0.105 e. The summed E-state index contributed by atoms with van der Waals surface area (Å²) < 4.78 is 0. The Balaban J connectivity index is 1.54. The number of nitrogens with one attached hydrogen (secondary N) is 2. The second kappa shape index (κ2) is 5.88. The topological polar surface area (TPSA) is 44.0 Å². The van der Waals surface area contributed by atoms with Gasteiger partial charge in [0, 0.05) is 45.0 Å². The lowest BCUT2D eigenvalue weighted by Crippen LogP contribution is -2.43. The van der Waals surface area contributed by atoms with Crippen LogP contribution in [0.3, 0.4) is 0 Å². The van der Waals surface area contributed by atoms with E-state index in [1.807, 2.05) is 12.4 Å². The van der Waals surface area contributed by atoms with Crippen LogP contribution in [0.4, 0.5) is 0 Å². The third-order valence-corrected chi connectivity index (χ3v) is 2.90. The number of aromatic amines is 1. The zero-order chi connectivity index (χ0) is 10.3. The van der Waals surface area contributed by atoms with Gasteiger partial charge < -0.3 is 15.2 Å². The summed E-state index contributed by atoms with van der Waals surface area (Å²) in [4.78, 5) is 9.90. The van der Waals surface area contributed by atoms with Crippen LogP contribution in [0.25, 0.3) is 0 Å². The average molecular weight is 208 g/mol. The number of aryl methyl sites for hydroxylation is 1. The molecule has 1 saturated heterocycles. The Hall–Kier alpha value is -0.870. The first-order valence-corrected chi connectivity index (χ1v) is 5.86. The summed E-state index contributed by atoms with van der Waals surface area (Å²) in [6.07, 6.45) is 7.31. The zero-order valence-electron chi connectivity index (χ0n) is 9.21. The van der Waals surface area contributed by atoms with Crippen molar-refractivity contribution in [3.8, 4) is 0 Å². The van der Waals surface area contributed by atoms with Crippen LogP contribution >= 0.6 is 0 Å². The predicted octanol–water partition coefficient (Wildman–Crippen LogP) is 0.638. The second-order valence-corrected chi connectivity index (χ2v) is 4.08. The van der Waals surface area contributed by atoms with Crippen LogP contribution in [0.2, 0.25) is 0 Å². The van der Waals surface area contributed by atoms with Gasteiger partial charge in [0.15, 0.2) is 0 Å². The molecule has 0 unspecified atom stereocenters. The molecular weight excluding hydrogens is 188 g/mol. The molecule has 4 heteroatoms. The van der Waals surface area contributed by atoms with Crippen molar-refractivity contribution in [2.24, 2.45) is 0 Å². The monoisotopic (exact) mass is 208 g/mol. The number of hydrogen-bond acceptors (Lipinski definition) is 3. The number of unbranched alkanes of at least 4 members (excludes halogenated alkanes) is 1. The van der Waals surface area contributed by atoms with Crippen molar-refractivity contribution in [1.29, 1.82) is 0 Å². The molecule has 84 valence electrons. The van der Waals surface area contributed by atoms with Crippen molar-refractivity contribution in [3.63, 3.8) is 0 Å². The standard InChI is InChI=1S/C11H20N4/c1(3-11-13-4-5-14-11)2-8-15-9-6-12-7-10-15/h4-5,12H,1-3,6-10H2,(H,13,14). The molecule has 2 rings (SSSR count). The Morgan fingerprint density at radius 1 is 1.27 bits per heavy atom. The fourth-order valence-electron chi connectivity index (χ4n) is 2.00. The van der Waals surface area contributed by atoms with Gasteiger partial charge in [-0.2, -0.15) is 0 Å². The molecule has 15 heavy (non-hydrogen) atoms. The molecule has 1 aromatic rings. The molecule has 1 aromatic heterocycles. The van der Waals surface area contributed by atoms with Gasteiger partial charge >= 0.3 is 0 Å². The van der Waals surface area contributed by atoms with E-state index in [0.29, 0.717) is 0 Å². The van der Waals surface area contributed by atoms with E-state index in [1.54, 1.807) is 0 Å². The summed E-state index contributed by atoms with van der Waals surface area (Å²) in [7, 11) is 0. The summed E-state index contributed by atoms with van der Waals surface area (Å²) in [6.45, 7) is 5.96. The van der Waals surface area contributed by atoms with Gasteiger partial charge in [0.05, 0.1) is 0 Å². The third-order valence-electron chi connectivity index (χ3n) is 2.90. The molecule has 0 aliphatic carbocycles. The quantitative estimate of drug-likeness (QED) is 0.698. The molecule has 0 atom stereocenters. The van der Waals surface area contributed by atoms with Crippen molar-refractivity contribution in [1.82, 2.24) is 20.2 Å². The summed E-state index contributed by atoms with van der Waals surface area (Å²) >= 11 is 0. The lowest BCUT2D eigenvalue weighted by atomic mass is 10.2. The summed E-state index contributed by atoms with van der Waals surface area (Å²) in [5.74, 6) is 1.12. The molecule has 0 saturated carbocycles. The normalized spacial score (nSPS) is 18.1. The predicted molar refractivity (Wildman–Crippen MR) is 60.8 cm³/mol. The van der Waals surface area contributed by atoms with Crippen LogP contribution in [-0.4, -0.2) is 47.6 Å². The maximum absolute atomic E-state index is 4.22. The van der Waals surface area contributed by atoms with Crippen molar-refractivity contribution in [2.75, 3.05) is 32.7 Å². The van der Waals surface area contributed by atoms with Gasteiger partial charge in [-0.25, -0.2) is 4.98 Å². The van der Waals surface area contributed by atoms with Crippen molar-refractivity contribution >= 4 is 0 Å². The third kappa shape index (κ3) is 3.64. The van der Waals surface area contributed by atoms with Crippen molar-refractivity contribution in [2.45, 2.75) is 19.3 Å². The van der Waals surface area contributed by atoms with Gasteiger partial charge in [-0.3, -0.25) is 0 Å². The highest BCUT2D eigenvalue weighted by molar-refractivity contribution is 4.86. The minimum absolute atomic E-state index is 1.08. The van der Waals surface area contributed by atoms with Crippen LogP contribution in [0.1, 0.15) is 18.7 Å². The van der Waals surface area contributed by atoms with Crippen LogP contribution in [0.15, 0.2) is 12.4 Å². The maximum atomic E-state index is 4.22. The average Bonchev–Trinajstić information content (AvgIpc) is 2.79. The van der Waals surface area contributed by atoms with Crippen molar-refractivity contribution < 1.29 is 0 Å². The van der Waals surface area contributed by atoms with E-state index in [1.165, 1.54) is 32.5 Å². The fraction of sp³-hybridized carbons (Fsp3) is 0.727. The molecule has 1 aliphatic heterocycles. The van der Waals surface area contributed by atoms with E-state index in [9.17, 15) is 0 Å². The van der Waals surface area contributed by atoms with Gasteiger partial charge in [-0.1, -0.05) is 0 Å². The minimum atomic E-state index is 1.08. The van der Waals surface area contributed by atoms with Gasteiger partial charge in [0.1, 0.15) is 5.82 Å². The summed E-state index contributed by atoms with van der Waals surface area (Å²) in [6, 6.07) is 0. The Labute approximate surface area is 91.1 Å². The lowest BCUT2D eigenvalue weighted by molar-refractivity contribution is 0.236. The van der Waals surface area contributed by atoms with E-state index in [-0.39, 0.29) is 0 Å². The second-order valence-electron chi connectivity index (χ2n) is 4.08. The Morgan fingerprint density at radius 3 is 2.87 bits per heavy atom. The van der Waals surface area contributed by atoms with E-state index < -0.39 is 0 Å². The van der Waals surface area contributed by atoms with E-state index >= 15 is 0 Å². The number of imidazole rings is 1. The molecule has 0 aromatic carbocycles. The number of aromatic nitrogens is 2. The molecule has 0 amide bonds. The number of piperazine rings is 1. The number of rotatable bonds is 5. The fourth-order valence-corrected chi connectivity index (χ4v) is 2.00. The summed E-state index contributed by atoms with van der Waals surface area (Å²) in [5, 5.41) is 3.37. The van der Waals surface area contributed by atoms with Crippen molar-refractivity contribution in [3.05, 3.63) is 18.2 Å². The van der Waals surface area contributed by atoms with Gasteiger partial charge in [0.25, 0.3) is 0 Å². The van der Waals surface area contributed by atoms with E-state index in [2.05, 4.69) is 20.2 Å². The Kier molecular flexibility index (Phi) is 4.17. The smallest absolute Gasteiger partial charge is 0.105 e. The van der Waals surface area contributed by atoms with Crippen LogP contribution in [-0.2, 0) is 6.42 Å². The Morgan fingerprint density at radius 2 is 2.13 bits per heavy atom. The first-order valence-electron chi connectivity index (χ1n) is 5.86. The molecule has 2 heterocycles. The zero-order valence-corrected chi connectivity index (χ0v) is 9.21. The molecule has 0 spiro atoms. The first-order chi connectivity index (χ1) is 7.45. The molecule has 1 aliphatic rings. The highest BCUT2D eigenvalue weighted by Crippen LogP contribution is 2.01. The number of hydrogen-bond donors (Lipinski definition) is 2. The van der Waals surface area contributed by atoms with E-state index in [0.717, 1.165) is 25.3 Å². The molecule has 2 N–H and O–H groups in total. The minimum Gasteiger partial charge on any atom is -0.349 e.